The summed E-state index contributed by atoms with van der Waals surface area (Å²) in [6, 6.07) is 0. The number of aromatic nitrogens is 2. The van der Waals surface area contributed by atoms with Crippen LogP contribution in [0, 0.1) is 0 Å². The highest BCUT2D eigenvalue weighted by molar-refractivity contribution is 6.07. The lowest BCUT2D eigenvalue weighted by Crippen LogP contribution is -2.64. The van der Waals surface area contributed by atoms with Crippen molar-refractivity contribution in [2.45, 2.75) is 39.2 Å². The quantitative estimate of drug-likeness (QED) is 0.771. The second-order valence-electron chi connectivity index (χ2n) is 5.58. The number of anilines is 2. The van der Waals surface area contributed by atoms with E-state index in [9.17, 15) is 9.59 Å². The molecule has 1 aliphatic rings. The molecular weight excluding hydrogens is 258 g/mol. The van der Waals surface area contributed by atoms with Crippen LogP contribution < -0.4 is 16.0 Å². The van der Waals surface area contributed by atoms with Gasteiger partial charge in [0.1, 0.15) is 5.54 Å². The first kappa shape index (κ1) is 14.4. The molecule has 1 aromatic heterocycles. The van der Waals surface area contributed by atoms with Gasteiger partial charge in [0.15, 0.2) is 5.82 Å². The van der Waals surface area contributed by atoms with Gasteiger partial charge in [0, 0.05) is 7.05 Å². The number of amides is 2. The first-order valence-corrected chi connectivity index (χ1v) is 6.72. The Hall–Kier alpha value is -2.05. The molecule has 0 unspecified atom stereocenters. The summed E-state index contributed by atoms with van der Waals surface area (Å²) in [6.45, 7) is 5.67. The van der Waals surface area contributed by atoms with Crippen LogP contribution in [0.4, 0.5) is 11.5 Å². The monoisotopic (exact) mass is 279 g/mol. The van der Waals surface area contributed by atoms with Crippen molar-refractivity contribution in [2.75, 3.05) is 17.2 Å². The van der Waals surface area contributed by atoms with Gasteiger partial charge in [-0.05, 0) is 20.3 Å². The predicted molar refractivity (Wildman–Crippen MR) is 76.2 cm³/mol. The molecule has 1 aliphatic heterocycles. The van der Waals surface area contributed by atoms with Crippen LogP contribution in [0.25, 0.3) is 0 Å². The molecule has 0 bridgehead atoms. The van der Waals surface area contributed by atoms with Gasteiger partial charge in [-0.15, -0.1) is 0 Å². The average molecular weight is 279 g/mol. The third-order valence-electron chi connectivity index (χ3n) is 3.66. The minimum absolute atomic E-state index is 0.0913. The molecule has 0 aliphatic carbocycles. The van der Waals surface area contributed by atoms with Crippen LogP contribution in [0.15, 0.2) is 0 Å². The molecule has 1 aromatic rings. The Labute approximate surface area is 118 Å². The number of carbonyl (C=O) groups excluding carboxylic acids is 2. The van der Waals surface area contributed by atoms with Crippen LogP contribution in [0.1, 0.15) is 32.9 Å². The summed E-state index contributed by atoms with van der Waals surface area (Å²) >= 11 is 0. The van der Waals surface area contributed by atoms with Crippen LogP contribution in [-0.4, -0.2) is 33.7 Å². The molecule has 0 spiro atoms. The summed E-state index contributed by atoms with van der Waals surface area (Å²) in [5.41, 5.74) is 6.67. The summed E-state index contributed by atoms with van der Waals surface area (Å²) < 4.78 is 1.65. The summed E-state index contributed by atoms with van der Waals surface area (Å²) in [7, 11) is 1.78. The van der Waals surface area contributed by atoms with Gasteiger partial charge in [-0.3, -0.25) is 19.6 Å². The van der Waals surface area contributed by atoms with E-state index >= 15 is 0 Å². The zero-order valence-electron chi connectivity index (χ0n) is 12.4. The van der Waals surface area contributed by atoms with Crippen molar-refractivity contribution in [1.82, 2.24) is 15.1 Å². The number of aryl methyl sites for hydroxylation is 2. The largest absolute Gasteiger partial charge is 0.394 e. The molecule has 0 radical (unpaired) electrons. The van der Waals surface area contributed by atoms with Gasteiger partial charge in [-0.1, -0.05) is 13.3 Å². The van der Waals surface area contributed by atoms with Crippen molar-refractivity contribution in [3.63, 3.8) is 0 Å². The standard InChI is InChI=1S/C13H21N5O2/c1-5-6-8-10(14)11(17(4)16-8)18-7-9(19)15-12(20)13(18,2)3/h5-7,14H2,1-4H3,(H,15,19,20). The van der Waals surface area contributed by atoms with Crippen LogP contribution in [0.2, 0.25) is 0 Å². The van der Waals surface area contributed by atoms with Gasteiger partial charge in [0.25, 0.3) is 5.91 Å². The van der Waals surface area contributed by atoms with E-state index in [0.29, 0.717) is 11.5 Å². The molecule has 110 valence electrons. The molecule has 2 rings (SSSR count). The Morgan fingerprint density at radius 2 is 2.05 bits per heavy atom. The number of nitrogens with two attached hydrogens (primary N) is 1. The fraction of sp³-hybridized carbons (Fsp3) is 0.615. The van der Waals surface area contributed by atoms with Crippen LogP contribution >= 0.6 is 0 Å². The minimum Gasteiger partial charge on any atom is -0.394 e. The Balaban J connectivity index is 2.49. The lowest BCUT2D eigenvalue weighted by Gasteiger charge is -2.41. The maximum Gasteiger partial charge on any atom is 0.251 e. The topological polar surface area (TPSA) is 93.2 Å². The van der Waals surface area contributed by atoms with Crippen molar-refractivity contribution in [1.29, 1.82) is 0 Å². The van der Waals surface area contributed by atoms with E-state index in [4.69, 9.17) is 5.73 Å². The number of imide groups is 1. The minimum atomic E-state index is -0.848. The average Bonchev–Trinajstić information content (AvgIpc) is 2.61. The number of hydrogen-bond acceptors (Lipinski definition) is 5. The van der Waals surface area contributed by atoms with Gasteiger partial charge >= 0.3 is 0 Å². The van der Waals surface area contributed by atoms with Gasteiger partial charge in [0.2, 0.25) is 5.91 Å². The van der Waals surface area contributed by atoms with Crippen molar-refractivity contribution in [3.05, 3.63) is 5.69 Å². The number of piperazine rings is 1. The van der Waals surface area contributed by atoms with Gasteiger partial charge < -0.3 is 10.6 Å². The van der Waals surface area contributed by atoms with Gasteiger partial charge in [0.05, 0.1) is 17.9 Å². The smallest absolute Gasteiger partial charge is 0.251 e. The molecule has 7 heteroatoms. The van der Waals surface area contributed by atoms with Gasteiger partial charge in [-0.2, -0.15) is 5.10 Å². The first-order valence-electron chi connectivity index (χ1n) is 6.72. The number of hydrogen-bond donors (Lipinski definition) is 2. The van der Waals surface area contributed by atoms with Crippen molar-refractivity contribution >= 4 is 23.3 Å². The number of nitrogen functional groups attached to an aromatic ring is 1. The molecule has 1 fully saturated rings. The number of carbonyl (C=O) groups is 2. The number of nitrogens with one attached hydrogen (secondary N) is 1. The van der Waals surface area contributed by atoms with E-state index in [0.717, 1.165) is 18.5 Å². The van der Waals surface area contributed by atoms with Crippen molar-refractivity contribution in [3.8, 4) is 0 Å². The van der Waals surface area contributed by atoms with Gasteiger partial charge in [-0.25, -0.2) is 0 Å². The zero-order valence-corrected chi connectivity index (χ0v) is 12.4. The van der Waals surface area contributed by atoms with Crippen LogP contribution in [-0.2, 0) is 23.1 Å². The van der Waals surface area contributed by atoms with E-state index in [1.165, 1.54) is 0 Å². The maximum absolute atomic E-state index is 12.0. The second kappa shape index (κ2) is 4.81. The highest BCUT2D eigenvalue weighted by Crippen LogP contribution is 2.33. The van der Waals surface area contributed by atoms with Crippen molar-refractivity contribution in [2.24, 2.45) is 7.05 Å². The lowest BCUT2D eigenvalue weighted by molar-refractivity contribution is -0.135. The molecule has 1 saturated heterocycles. The summed E-state index contributed by atoms with van der Waals surface area (Å²) in [4.78, 5) is 25.4. The zero-order chi connectivity index (χ0) is 15.1. The van der Waals surface area contributed by atoms with E-state index in [1.54, 1.807) is 30.5 Å². The second-order valence-corrected chi connectivity index (χ2v) is 5.58. The Kier molecular flexibility index (Phi) is 3.45. The molecule has 2 heterocycles. The molecule has 3 N–H and O–H groups in total. The molecule has 0 saturated carbocycles. The molecule has 0 aromatic carbocycles. The third-order valence-corrected chi connectivity index (χ3v) is 3.66. The Bertz CT molecular complexity index is 561. The lowest BCUT2D eigenvalue weighted by atomic mass is 9.98. The van der Waals surface area contributed by atoms with Crippen LogP contribution in [0.5, 0.6) is 0 Å². The fourth-order valence-corrected chi connectivity index (χ4v) is 2.45. The molecule has 0 atom stereocenters. The molecule has 2 amide bonds. The first-order chi connectivity index (χ1) is 9.28. The normalized spacial score (nSPS) is 18.3. The highest BCUT2D eigenvalue weighted by Gasteiger charge is 2.43. The third kappa shape index (κ3) is 2.13. The Morgan fingerprint density at radius 1 is 1.40 bits per heavy atom. The summed E-state index contributed by atoms with van der Waals surface area (Å²) in [6.07, 6.45) is 1.71. The summed E-state index contributed by atoms with van der Waals surface area (Å²) in [5, 5.41) is 6.75. The number of rotatable bonds is 3. The van der Waals surface area contributed by atoms with E-state index < -0.39 is 5.54 Å². The fourth-order valence-electron chi connectivity index (χ4n) is 2.45. The molecule has 20 heavy (non-hydrogen) atoms. The number of nitrogens with zero attached hydrogens (tertiary/aromatic N) is 3. The summed E-state index contributed by atoms with van der Waals surface area (Å²) in [5.74, 6) is -0.0278. The molecule has 7 nitrogen and oxygen atoms in total. The van der Waals surface area contributed by atoms with Crippen LogP contribution in [0.3, 0.4) is 0 Å². The van der Waals surface area contributed by atoms with E-state index in [-0.39, 0.29) is 18.4 Å². The van der Waals surface area contributed by atoms with Crippen molar-refractivity contribution < 1.29 is 9.59 Å². The maximum atomic E-state index is 12.0. The van der Waals surface area contributed by atoms with E-state index in [2.05, 4.69) is 17.3 Å². The SMILES string of the molecule is CCCc1nn(C)c(N2CC(=O)NC(=O)C2(C)C)c1N. The highest BCUT2D eigenvalue weighted by atomic mass is 16.2. The predicted octanol–water partition coefficient (Wildman–Crippen LogP) is 0.196. The molecular formula is C13H21N5O2. The van der Waals surface area contributed by atoms with E-state index in [1.807, 2.05) is 0 Å². The Morgan fingerprint density at radius 3 is 2.65 bits per heavy atom.